The Labute approximate surface area is 197 Å². The van der Waals surface area contributed by atoms with E-state index in [4.69, 9.17) is 9.57 Å². The van der Waals surface area contributed by atoms with Crippen LogP contribution < -0.4 is 4.74 Å². The molecule has 1 aromatic rings. The van der Waals surface area contributed by atoms with Crippen molar-refractivity contribution in [3.63, 3.8) is 0 Å². The second kappa shape index (κ2) is 10.2. The Bertz CT molecular complexity index is 841. The largest absolute Gasteiger partial charge is 0.423 e. The van der Waals surface area contributed by atoms with Crippen LogP contribution in [0.1, 0.15) is 90.5 Å². The molecule has 2 fully saturated rings. The number of hydrogen-bond donors (Lipinski definition) is 0. The van der Waals surface area contributed by atoms with Crippen LogP contribution in [0.5, 0.6) is 5.75 Å². The molecule has 1 heterocycles. The topological polar surface area (TPSA) is 38.8 Å². The average molecular weight is 464 g/mol. The number of nitrogens with zero attached hydrogens (tertiary/aromatic N) is 1. The molecular formula is C27H39F2NO3. The number of ether oxygens (including phenoxy) is 1. The highest BCUT2D eigenvalue weighted by molar-refractivity contribution is 5.75. The van der Waals surface area contributed by atoms with Crippen LogP contribution in [0.3, 0.4) is 0 Å². The standard InChI is InChI=1S/C27H39F2NO3/c1-7-8-9-18-10-12-19(13-11-18)25(31)33-22-15-14-21(23(28)24(22)29)20-16-26(2,3)30(32-6)27(4,5)17-20/h7,14-15,18-20H,1,8-13,16-17H2,2-6H3. The van der Waals surface area contributed by atoms with Gasteiger partial charge in [0.05, 0.1) is 13.0 Å². The summed E-state index contributed by atoms with van der Waals surface area (Å²) < 4.78 is 35.5. The molecule has 0 aromatic heterocycles. The summed E-state index contributed by atoms with van der Waals surface area (Å²) in [6, 6.07) is 2.98. The number of hydrogen-bond acceptors (Lipinski definition) is 4. The van der Waals surface area contributed by atoms with Crippen LogP contribution in [0.15, 0.2) is 24.8 Å². The summed E-state index contributed by atoms with van der Waals surface area (Å²) in [4.78, 5) is 18.2. The zero-order valence-electron chi connectivity index (χ0n) is 20.8. The third-order valence-electron chi connectivity index (χ3n) is 7.46. The van der Waals surface area contributed by atoms with Gasteiger partial charge < -0.3 is 9.57 Å². The van der Waals surface area contributed by atoms with Crippen LogP contribution in [0.25, 0.3) is 0 Å². The van der Waals surface area contributed by atoms with Crippen molar-refractivity contribution in [2.24, 2.45) is 11.8 Å². The molecule has 0 spiro atoms. The van der Waals surface area contributed by atoms with E-state index in [2.05, 4.69) is 6.58 Å². The van der Waals surface area contributed by atoms with Crippen molar-refractivity contribution >= 4 is 5.97 Å². The van der Waals surface area contributed by atoms with E-state index < -0.39 is 17.6 Å². The zero-order valence-corrected chi connectivity index (χ0v) is 20.8. The number of piperidine rings is 1. The summed E-state index contributed by atoms with van der Waals surface area (Å²) in [5, 5.41) is 1.94. The predicted molar refractivity (Wildman–Crippen MR) is 126 cm³/mol. The lowest BCUT2D eigenvalue weighted by molar-refractivity contribution is -0.266. The quantitative estimate of drug-likeness (QED) is 0.249. The first-order chi connectivity index (χ1) is 15.5. The minimum atomic E-state index is -1.08. The molecule has 1 aromatic carbocycles. The fourth-order valence-corrected chi connectivity index (χ4v) is 6.15. The van der Waals surface area contributed by atoms with Gasteiger partial charge in [-0.1, -0.05) is 12.1 Å². The van der Waals surface area contributed by atoms with Crippen molar-refractivity contribution in [2.45, 2.75) is 96.1 Å². The Morgan fingerprint density at radius 2 is 1.70 bits per heavy atom. The SMILES string of the molecule is C=CCCC1CCC(C(=O)Oc2ccc(C3CC(C)(C)N(OC)C(C)(C)C3)c(F)c2F)CC1. The summed E-state index contributed by atoms with van der Waals surface area (Å²) in [6.45, 7) is 11.9. The first-order valence-electron chi connectivity index (χ1n) is 12.1. The minimum Gasteiger partial charge on any atom is -0.423 e. The Morgan fingerprint density at radius 1 is 1.09 bits per heavy atom. The molecule has 184 valence electrons. The lowest BCUT2D eigenvalue weighted by Crippen LogP contribution is -2.59. The zero-order chi connectivity index (χ0) is 24.4. The molecule has 33 heavy (non-hydrogen) atoms. The smallest absolute Gasteiger partial charge is 0.314 e. The molecular weight excluding hydrogens is 424 g/mol. The third kappa shape index (κ3) is 5.65. The van der Waals surface area contributed by atoms with Gasteiger partial charge in [-0.15, -0.1) is 6.58 Å². The van der Waals surface area contributed by atoms with Gasteiger partial charge in [-0.25, -0.2) is 4.39 Å². The van der Waals surface area contributed by atoms with Gasteiger partial charge in [0.2, 0.25) is 5.82 Å². The van der Waals surface area contributed by atoms with E-state index in [1.807, 2.05) is 38.8 Å². The molecule has 1 saturated heterocycles. The fourth-order valence-electron chi connectivity index (χ4n) is 6.15. The lowest BCUT2D eigenvalue weighted by Gasteiger charge is -2.53. The van der Waals surface area contributed by atoms with Gasteiger partial charge >= 0.3 is 5.97 Å². The first-order valence-corrected chi connectivity index (χ1v) is 12.1. The minimum absolute atomic E-state index is 0.175. The maximum atomic E-state index is 15.2. The predicted octanol–water partition coefficient (Wildman–Crippen LogP) is 6.94. The molecule has 1 saturated carbocycles. The van der Waals surface area contributed by atoms with E-state index in [1.54, 1.807) is 13.2 Å². The number of allylic oxidation sites excluding steroid dienone is 1. The van der Waals surface area contributed by atoms with Crippen molar-refractivity contribution < 1.29 is 23.1 Å². The normalized spacial score (nSPS) is 25.5. The lowest BCUT2D eigenvalue weighted by atomic mass is 9.72. The van der Waals surface area contributed by atoms with Gasteiger partial charge in [-0.3, -0.25) is 4.79 Å². The molecule has 4 nitrogen and oxygen atoms in total. The first kappa shape index (κ1) is 25.8. The number of halogens is 2. The second-order valence-corrected chi connectivity index (χ2v) is 11.0. The van der Waals surface area contributed by atoms with Crippen molar-refractivity contribution in [2.75, 3.05) is 7.11 Å². The highest BCUT2D eigenvalue weighted by Gasteiger charge is 2.47. The molecule has 0 unspecified atom stereocenters. The van der Waals surface area contributed by atoms with E-state index in [1.165, 1.54) is 6.07 Å². The van der Waals surface area contributed by atoms with Crippen molar-refractivity contribution in [1.29, 1.82) is 0 Å². The van der Waals surface area contributed by atoms with E-state index in [-0.39, 0.29) is 28.7 Å². The number of esters is 1. The molecule has 0 N–H and O–H groups in total. The van der Waals surface area contributed by atoms with Crippen molar-refractivity contribution in [3.8, 4) is 5.75 Å². The number of benzene rings is 1. The monoisotopic (exact) mass is 463 g/mol. The summed E-state index contributed by atoms with van der Waals surface area (Å²) in [5.41, 5.74) is -0.369. The van der Waals surface area contributed by atoms with E-state index in [9.17, 15) is 9.18 Å². The highest BCUT2D eigenvalue weighted by Crippen LogP contribution is 2.46. The van der Waals surface area contributed by atoms with Gasteiger partial charge in [0.25, 0.3) is 0 Å². The Kier molecular flexibility index (Phi) is 8.00. The van der Waals surface area contributed by atoms with Crippen LogP contribution in [0.4, 0.5) is 8.78 Å². The van der Waals surface area contributed by atoms with Gasteiger partial charge in [-0.2, -0.15) is 9.45 Å². The van der Waals surface area contributed by atoms with Gasteiger partial charge in [0, 0.05) is 11.1 Å². The maximum absolute atomic E-state index is 15.2. The fraction of sp³-hybridized carbons (Fsp3) is 0.667. The highest BCUT2D eigenvalue weighted by atomic mass is 19.2. The molecule has 6 heteroatoms. The molecule has 0 bridgehead atoms. The summed E-state index contributed by atoms with van der Waals surface area (Å²) in [7, 11) is 1.64. The molecule has 1 aliphatic heterocycles. The van der Waals surface area contributed by atoms with Crippen LogP contribution >= 0.6 is 0 Å². The molecule has 0 atom stereocenters. The molecule has 0 amide bonds. The van der Waals surface area contributed by atoms with Crippen LogP contribution in [0, 0.1) is 23.5 Å². The number of hydroxylamine groups is 2. The Hall–Kier alpha value is -1.79. The van der Waals surface area contributed by atoms with Gasteiger partial charge in [0.15, 0.2) is 11.6 Å². The van der Waals surface area contributed by atoms with E-state index in [0.29, 0.717) is 24.3 Å². The van der Waals surface area contributed by atoms with E-state index in [0.717, 1.165) is 38.5 Å². The summed E-state index contributed by atoms with van der Waals surface area (Å²) in [5.74, 6) is -2.61. The van der Waals surface area contributed by atoms with E-state index >= 15 is 4.39 Å². The van der Waals surface area contributed by atoms with Crippen LogP contribution in [-0.2, 0) is 9.63 Å². The number of carbonyl (C=O) groups is 1. The Balaban J connectivity index is 1.70. The van der Waals surface area contributed by atoms with Crippen molar-refractivity contribution in [3.05, 3.63) is 42.0 Å². The van der Waals surface area contributed by atoms with Gasteiger partial charge in [-0.05, 0) is 103 Å². The molecule has 3 rings (SSSR count). The molecule has 1 aliphatic carbocycles. The maximum Gasteiger partial charge on any atom is 0.314 e. The molecule has 0 radical (unpaired) electrons. The number of rotatable bonds is 7. The third-order valence-corrected chi connectivity index (χ3v) is 7.46. The van der Waals surface area contributed by atoms with Crippen molar-refractivity contribution in [1.82, 2.24) is 5.06 Å². The van der Waals surface area contributed by atoms with Gasteiger partial charge in [0.1, 0.15) is 0 Å². The Morgan fingerprint density at radius 3 is 2.24 bits per heavy atom. The molecule has 2 aliphatic rings. The summed E-state index contributed by atoms with van der Waals surface area (Å²) in [6.07, 6.45) is 8.59. The second-order valence-electron chi connectivity index (χ2n) is 11.0. The average Bonchev–Trinajstić information content (AvgIpc) is 2.74. The summed E-state index contributed by atoms with van der Waals surface area (Å²) >= 11 is 0. The van der Waals surface area contributed by atoms with Crippen LogP contribution in [0.2, 0.25) is 0 Å². The number of carbonyl (C=O) groups excluding carboxylic acids is 1. The van der Waals surface area contributed by atoms with Crippen LogP contribution in [-0.4, -0.2) is 29.2 Å².